The minimum atomic E-state index is -2.84. The number of aromatic nitrogens is 1. The fourth-order valence-electron chi connectivity index (χ4n) is 1.07. The largest absolute Gasteiger partial charge is 0.503 e. The first-order valence-electron chi connectivity index (χ1n) is 3.84. The molecule has 0 aliphatic rings. The summed E-state index contributed by atoms with van der Waals surface area (Å²) in [4.78, 5) is 3.40. The van der Waals surface area contributed by atoms with E-state index >= 15 is 0 Å². The molecule has 0 saturated heterocycles. The third-order valence-corrected chi connectivity index (χ3v) is 1.74. The quantitative estimate of drug-likeness (QED) is 0.776. The fourth-order valence-corrected chi connectivity index (χ4v) is 1.07. The summed E-state index contributed by atoms with van der Waals surface area (Å²) in [5, 5.41) is 9.35. The average Bonchev–Trinajstić information content (AvgIpc) is 2.16. The number of rotatable bonds is 3. The smallest absolute Gasteiger partial charge is 0.284 e. The van der Waals surface area contributed by atoms with Crippen molar-refractivity contribution in [3.8, 4) is 11.5 Å². The van der Waals surface area contributed by atoms with Crippen molar-refractivity contribution in [3.63, 3.8) is 0 Å². The molecule has 4 nitrogen and oxygen atoms in total. The topological polar surface area (TPSA) is 68.4 Å². The molecule has 0 radical (unpaired) electrons. The van der Waals surface area contributed by atoms with Crippen molar-refractivity contribution in [2.24, 2.45) is 5.73 Å². The van der Waals surface area contributed by atoms with E-state index in [0.29, 0.717) is 5.56 Å². The molecule has 14 heavy (non-hydrogen) atoms. The zero-order valence-electron chi connectivity index (χ0n) is 7.50. The Morgan fingerprint density at radius 1 is 1.64 bits per heavy atom. The summed E-state index contributed by atoms with van der Waals surface area (Å²) in [6, 6.07) is 0. The van der Waals surface area contributed by atoms with Gasteiger partial charge in [-0.05, 0) is 0 Å². The monoisotopic (exact) mass is 204 g/mol. The number of alkyl halides is 2. The van der Waals surface area contributed by atoms with Gasteiger partial charge in [-0.15, -0.1) is 0 Å². The third-order valence-electron chi connectivity index (χ3n) is 1.74. The Morgan fingerprint density at radius 2 is 2.29 bits per heavy atom. The number of pyridine rings is 1. The summed E-state index contributed by atoms with van der Waals surface area (Å²) in [6.07, 6.45) is -1.67. The molecule has 0 unspecified atom stereocenters. The first-order chi connectivity index (χ1) is 6.61. The maximum absolute atomic E-state index is 12.3. The third kappa shape index (κ3) is 1.74. The summed E-state index contributed by atoms with van der Waals surface area (Å²) < 4.78 is 29.3. The van der Waals surface area contributed by atoms with Crippen molar-refractivity contribution >= 4 is 0 Å². The van der Waals surface area contributed by atoms with Crippen LogP contribution in [0.2, 0.25) is 0 Å². The van der Waals surface area contributed by atoms with Crippen LogP contribution in [0.25, 0.3) is 0 Å². The molecular formula is C8H10F2N2O2. The van der Waals surface area contributed by atoms with Gasteiger partial charge in [0.15, 0.2) is 17.2 Å². The number of ether oxygens (including phenoxy) is 1. The summed E-state index contributed by atoms with van der Waals surface area (Å²) in [7, 11) is 1.27. The Bertz CT molecular complexity index is 331. The molecule has 78 valence electrons. The van der Waals surface area contributed by atoms with Gasteiger partial charge in [-0.1, -0.05) is 0 Å². The molecule has 0 aromatic carbocycles. The van der Waals surface area contributed by atoms with Crippen molar-refractivity contribution < 1.29 is 18.6 Å². The van der Waals surface area contributed by atoms with E-state index in [1.807, 2.05) is 0 Å². The molecule has 1 aromatic rings. The Balaban J connectivity index is 3.27. The normalized spacial score (nSPS) is 10.6. The SMILES string of the molecule is COc1c(CN)cnc(C(F)F)c1O. The van der Waals surface area contributed by atoms with Crippen LogP contribution in [0.5, 0.6) is 11.5 Å². The average molecular weight is 204 g/mol. The van der Waals surface area contributed by atoms with E-state index in [1.54, 1.807) is 0 Å². The Morgan fingerprint density at radius 3 is 2.71 bits per heavy atom. The van der Waals surface area contributed by atoms with Gasteiger partial charge in [-0.2, -0.15) is 0 Å². The predicted molar refractivity (Wildman–Crippen MR) is 45.3 cm³/mol. The first-order valence-corrected chi connectivity index (χ1v) is 3.84. The van der Waals surface area contributed by atoms with Crippen LogP contribution in [0.3, 0.4) is 0 Å². The molecule has 0 aliphatic carbocycles. The lowest BCUT2D eigenvalue weighted by Crippen LogP contribution is -2.03. The van der Waals surface area contributed by atoms with Crippen LogP contribution >= 0.6 is 0 Å². The van der Waals surface area contributed by atoms with Crippen molar-refractivity contribution in [2.75, 3.05) is 7.11 Å². The lowest BCUT2D eigenvalue weighted by Gasteiger charge is -2.10. The lowest BCUT2D eigenvalue weighted by atomic mass is 10.2. The van der Waals surface area contributed by atoms with Gasteiger partial charge in [-0.25, -0.2) is 8.78 Å². The number of aromatic hydroxyl groups is 1. The Labute approximate surface area is 79.3 Å². The summed E-state index contributed by atoms with van der Waals surface area (Å²) >= 11 is 0. The highest BCUT2D eigenvalue weighted by Gasteiger charge is 2.20. The van der Waals surface area contributed by atoms with Gasteiger partial charge in [-0.3, -0.25) is 4.98 Å². The first kappa shape index (κ1) is 10.6. The van der Waals surface area contributed by atoms with Gasteiger partial charge < -0.3 is 15.6 Å². The van der Waals surface area contributed by atoms with Crippen molar-refractivity contribution in [3.05, 3.63) is 17.5 Å². The van der Waals surface area contributed by atoms with E-state index in [1.165, 1.54) is 13.3 Å². The predicted octanol–water partition coefficient (Wildman–Crippen LogP) is 1.19. The van der Waals surface area contributed by atoms with Crippen LogP contribution in [0.15, 0.2) is 6.20 Å². The number of nitrogens with two attached hydrogens (primary N) is 1. The van der Waals surface area contributed by atoms with E-state index in [0.717, 1.165) is 0 Å². The maximum Gasteiger partial charge on any atom is 0.284 e. The lowest BCUT2D eigenvalue weighted by molar-refractivity contribution is 0.141. The number of nitrogens with zero attached hydrogens (tertiary/aromatic N) is 1. The molecule has 0 spiro atoms. The summed E-state index contributed by atoms with van der Waals surface area (Å²) in [5.41, 5.74) is 4.99. The van der Waals surface area contributed by atoms with E-state index in [9.17, 15) is 13.9 Å². The van der Waals surface area contributed by atoms with Crippen molar-refractivity contribution in [1.82, 2.24) is 4.98 Å². The van der Waals surface area contributed by atoms with Crippen LogP contribution in [-0.4, -0.2) is 17.2 Å². The molecule has 0 fully saturated rings. The van der Waals surface area contributed by atoms with Gasteiger partial charge >= 0.3 is 0 Å². The molecule has 0 bridgehead atoms. The zero-order chi connectivity index (χ0) is 10.7. The van der Waals surface area contributed by atoms with Crippen LogP contribution in [0, 0.1) is 0 Å². The molecule has 1 rings (SSSR count). The van der Waals surface area contributed by atoms with Gasteiger partial charge in [0, 0.05) is 18.3 Å². The van der Waals surface area contributed by atoms with Gasteiger partial charge in [0.2, 0.25) is 0 Å². The van der Waals surface area contributed by atoms with E-state index in [-0.39, 0.29) is 12.3 Å². The van der Waals surface area contributed by atoms with Crippen LogP contribution in [-0.2, 0) is 6.54 Å². The molecular weight excluding hydrogens is 194 g/mol. The van der Waals surface area contributed by atoms with Gasteiger partial charge in [0.1, 0.15) is 0 Å². The summed E-state index contributed by atoms with van der Waals surface area (Å²) in [5.74, 6) is -0.691. The second-order valence-corrected chi connectivity index (χ2v) is 2.56. The van der Waals surface area contributed by atoms with Gasteiger partial charge in [0.25, 0.3) is 6.43 Å². The highest BCUT2D eigenvalue weighted by Crippen LogP contribution is 2.36. The molecule has 1 heterocycles. The number of hydrogen-bond donors (Lipinski definition) is 2. The van der Waals surface area contributed by atoms with Gasteiger partial charge in [0.05, 0.1) is 7.11 Å². The van der Waals surface area contributed by atoms with Crippen LogP contribution < -0.4 is 10.5 Å². The molecule has 0 aliphatic heterocycles. The minimum Gasteiger partial charge on any atom is -0.503 e. The standard InChI is InChI=1S/C8H10F2N2O2/c1-14-7-4(2-11)3-12-5(6(7)13)8(9)10/h3,8,13H,2,11H2,1H3. The fraction of sp³-hybridized carbons (Fsp3) is 0.375. The second-order valence-electron chi connectivity index (χ2n) is 2.56. The van der Waals surface area contributed by atoms with Crippen LogP contribution in [0.1, 0.15) is 17.7 Å². The number of halogens is 2. The van der Waals surface area contributed by atoms with Crippen molar-refractivity contribution in [1.29, 1.82) is 0 Å². The highest BCUT2D eigenvalue weighted by atomic mass is 19.3. The minimum absolute atomic E-state index is 0.0437. The molecule has 0 saturated carbocycles. The zero-order valence-corrected chi connectivity index (χ0v) is 7.50. The second kappa shape index (κ2) is 4.19. The molecule has 0 atom stereocenters. The Kier molecular flexibility index (Phi) is 3.19. The summed E-state index contributed by atoms with van der Waals surface area (Å²) in [6.45, 7) is 0.0627. The van der Waals surface area contributed by atoms with E-state index in [2.05, 4.69) is 4.98 Å². The molecule has 6 heteroatoms. The molecule has 1 aromatic heterocycles. The highest BCUT2D eigenvalue weighted by molar-refractivity contribution is 5.47. The Hall–Kier alpha value is -1.43. The maximum atomic E-state index is 12.3. The van der Waals surface area contributed by atoms with Crippen LogP contribution in [0.4, 0.5) is 8.78 Å². The molecule has 0 amide bonds. The number of hydrogen-bond acceptors (Lipinski definition) is 4. The van der Waals surface area contributed by atoms with E-state index in [4.69, 9.17) is 10.5 Å². The number of methoxy groups -OCH3 is 1. The molecule has 3 N–H and O–H groups in total. The van der Waals surface area contributed by atoms with E-state index < -0.39 is 17.9 Å². The van der Waals surface area contributed by atoms with Crippen molar-refractivity contribution in [2.45, 2.75) is 13.0 Å².